The molecule has 1 heterocycles. The van der Waals surface area contributed by atoms with E-state index in [4.69, 9.17) is 16.7 Å². The van der Waals surface area contributed by atoms with Crippen LogP contribution < -0.4 is 5.43 Å². The van der Waals surface area contributed by atoms with Crippen molar-refractivity contribution in [1.82, 2.24) is 15.2 Å². The largest absolute Gasteiger partial charge is 0.272 e. The van der Waals surface area contributed by atoms with Gasteiger partial charge in [-0.1, -0.05) is 72.3 Å². The Bertz CT molecular complexity index is 1150. The summed E-state index contributed by atoms with van der Waals surface area (Å²) >= 11 is 6.07. The minimum Gasteiger partial charge on any atom is -0.267 e. The second-order valence-corrected chi connectivity index (χ2v) is 6.67. The fraction of sp³-hybridized carbons (Fsp3) is 0. The van der Waals surface area contributed by atoms with E-state index in [-0.39, 0.29) is 5.91 Å². The molecule has 0 atom stereocenters. The third-order valence-electron chi connectivity index (χ3n) is 4.30. The smallest absolute Gasteiger partial charge is 0.267 e. The average Bonchev–Trinajstić information content (AvgIpc) is 3.19. The van der Waals surface area contributed by atoms with Gasteiger partial charge in [-0.05, 0) is 24.3 Å². The molecule has 1 N–H and O–H groups in total. The maximum atomic E-state index is 12.3. The van der Waals surface area contributed by atoms with Crippen LogP contribution in [0.5, 0.6) is 0 Å². The number of amides is 1. The highest BCUT2D eigenvalue weighted by molar-refractivity contribution is 6.33. The molecule has 0 unspecified atom stereocenters. The monoisotopic (exact) mass is 400 g/mol. The van der Waals surface area contributed by atoms with E-state index in [2.05, 4.69) is 10.5 Å². The molecule has 0 aliphatic carbocycles. The van der Waals surface area contributed by atoms with Crippen LogP contribution in [0, 0.1) is 0 Å². The highest BCUT2D eigenvalue weighted by atomic mass is 35.5. The molecule has 0 saturated heterocycles. The van der Waals surface area contributed by atoms with Gasteiger partial charge in [0.05, 0.1) is 22.5 Å². The summed E-state index contributed by atoms with van der Waals surface area (Å²) in [5, 5.41) is 9.20. The van der Waals surface area contributed by atoms with Crippen molar-refractivity contribution in [2.75, 3.05) is 0 Å². The van der Waals surface area contributed by atoms with Crippen LogP contribution in [-0.2, 0) is 0 Å². The Labute approximate surface area is 173 Å². The number of carbonyl (C=O) groups excluding carboxylic acids is 1. The van der Waals surface area contributed by atoms with Crippen molar-refractivity contribution >= 4 is 23.7 Å². The molecule has 0 radical (unpaired) electrons. The molecular weight excluding hydrogens is 384 g/mol. The first-order valence-corrected chi connectivity index (χ1v) is 9.38. The molecule has 1 amide bonds. The number of carbonyl (C=O) groups is 1. The highest BCUT2D eigenvalue weighted by Crippen LogP contribution is 2.22. The molecule has 142 valence electrons. The molecule has 5 nitrogen and oxygen atoms in total. The molecule has 1 aromatic heterocycles. The summed E-state index contributed by atoms with van der Waals surface area (Å²) in [5.41, 5.74) is 6.33. The molecule has 0 aliphatic rings. The molecule has 4 aromatic rings. The van der Waals surface area contributed by atoms with Crippen LogP contribution >= 0.6 is 11.6 Å². The molecule has 4 rings (SSSR count). The lowest BCUT2D eigenvalue weighted by Crippen LogP contribution is -2.17. The molecule has 0 spiro atoms. The van der Waals surface area contributed by atoms with Crippen molar-refractivity contribution in [3.8, 4) is 16.9 Å². The lowest BCUT2D eigenvalue weighted by Gasteiger charge is -2.01. The summed E-state index contributed by atoms with van der Waals surface area (Å²) in [6.07, 6.45) is 3.46. The lowest BCUT2D eigenvalue weighted by atomic mass is 10.1. The number of hydrogen-bond acceptors (Lipinski definition) is 3. The number of rotatable bonds is 5. The maximum absolute atomic E-state index is 12.3. The number of aromatic nitrogens is 2. The highest BCUT2D eigenvalue weighted by Gasteiger charge is 2.12. The summed E-state index contributed by atoms with van der Waals surface area (Å²) in [4.78, 5) is 12.3. The zero-order chi connectivity index (χ0) is 20.1. The number of hydrazone groups is 1. The van der Waals surface area contributed by atoms with E-state index in [9.17, 15) is 4.79 Å². The van der Waals surface area contributed by atoms with E-state index in [1.54, 1.807) is 35.2 Å². The third-order valence-corrected chi connectivity index (χ3v) is 4.63. The topological polar surface area (TPSA) is 59.3 Å². The average molecular weight is 401 g/mol. The van der Waals surface area contributed by atoms with Gasteiger partial charge in [-0.25, -0.2) is 10.1 Å². The van der Waals surface area contributed by atoms with Crippen LogP contribution in [0.25, 0.3) is 16.9 Å². The fourth-order valence-electron chi connectivity index (χ4n) is 2.88. The second kappa shape index (κ2) is 8.54. The van der Waals surface area contributed by atoms with Gasteiger partial charge in [0.25, 0.3) is 5.91 Å². The first kappa shape index (κ1) is 18.7. The first-order valence-electron chi connectivity index (χ1n) is 9.01. The zero-order valence-corrected chi connectivity index (χ0v) is 16.1. The minimum absolute atomic E-state index is 0.370. The Kier molecular flexibility index (Phi) is 5.49. The predicted molar refractivity (Wildman–Crippen MR) is 116 cm³/mol. The summed E-state index contributed by atoms with van der Waals surface area (Å²) in [6.45, 7) is 0. The van der Waals surface area contributed by atoms with Crippen LogP contribution in [0.2, 0.25) is 5.02 Å². The van der Waals surface area contributed by atoms with E-state index in [0.29, 0.717) is 10.6 Å². The van der Waals surface area contributed by atoms with Crippen LogP contribution in [0.1, 0.15) is 15.9 Å². The van der Waals surface area contributed by atoms with E-state index in [0.717, 1.165) is 22.5 Å². The fourth-order valence-corrected chi connectivity index (χ4v) is 3.10. The van der Waals surface area contributed by atoms with Gasteiger partial charge < -0.3 is 0 Å². The second-order valence-electron chi connectivity index (χ2n) is 6.26. The van der Waals surface area contributed by atoms with E-state index < -0.39 is 0 Å². The van der Waals surface area contributed by atoms with Crippen molar-refractivity contribution in [3.05, 3.63) is 107 Å². The Morgan fingerprint density at radius 1 is 0.931 bits per heavy atom. The van der Waals surface area contributed by atoms with E-state index in [1.165, 1.54) is 0 Å². The number of hydrogen-bond donors (Lipinski definition) is 1. The summed E-state index contributed by atoms with van der Waals surface area (Å²) in [7, 11) is 0. The molecule has 6 heteroatoms. The molecule has 0 fully saturated rings. The molecule has 0 bridgehead atoms. The van der Waals surface area contributed by atoms with E-state index in [1.807, 2.05) is 66.9 Å². The molecule has 0 aliphatic heterocycles. The summed E-state index contributed by atoms with van der Waals surface area (Å²) in [5.74, 6) is -0.372. The van der Waals surface area contributed by atoms with Crippen molar-refractivity contribution in [3.63, 3.8) is 0 Å². The van der Waals surface area contributed by atoms with Gasteiger partial charge in [0.1, 0.15) is 5.69 Å². The quantitative estimate of drug-likeness (QED) is 0.380. The van der Waals surface area contributed by atoms with Crippen LogP contribution in [0.3, 0.4) is 0 Å². The number of halogens is 1. The summed E-state index contributed by atoms with van der Waals surface area (Å²) in [6, 6.07) is 26.5. The molecular formula is C23H17ClN4O. The van der Waals surface area contributed by atoms with Gasteiger partial charge in [0.2, 0.25) is 0 Å². The molecule has 3 aromatic carbocycles. The van der Waals surface area contributed by atoms with Crippen molar-refractivity contribution in [2.24, 2.45) is 5.10 Å². The number of nitrogens with zero attached hydrogens (tertiary/aromatic N) is 3. The molecule has 0 saturated carbocycles. The Balaban J connectivity index is 1.63. The standard InChI is InChI=1S/C23H17ClN4O/c24-21-14-8-7-13-20(21)23(29)26-25-15-18-16-28(19-11-5-2-6-12-19)27-22(18)17-9-3-1-4-10-17/h1-16H,(H,26,29). The SMILES string of the molecule is O=C(NN=Cc1cn(-c2ccccc2)nc1-c1ccccc1)c1ccccc1Cl. The number of nitrogens with one attached hydrogen (secondary N) is 1. The van der Waals surface area contributed by atoms with Gasteiger partial charge in [-0.2, -0.15) is 10.2 Å². The number of benzene rings is 3. The van der Waals surface area contributed by atoms with Gasteiger partial charge in [-0.3, -0.25) is 4.79 Å². The van der Waals surface area contributed by atoms with Crippen molar-refractivity contribution < 1.29 is 4.79 Å². The normalized spacial score (nSPS) is 10.9. The number of para-hydroxylation sites is 1. The summed E-state index contributed by atoms with van der Waals surface area (Å²) < 4.78 is 1.79. The van der Waals surface area contributed by atoms with Crippen molar-refractivity contribution in [2.45, 2.75) is 0 Å². The predicted octanol–water partition coefficient (Wildman–Crippen LogP) is 4.96. The Hall–Kier alpha value is -3.70. The van der Waals surface area contributed by atoms with Crippen LogP contribution in [-0.4, -0.2) is 21.9 Å². The van der Waals surface area contributed by atoms with E-state index >= 15 is 0 Å². The van der Waals surface area contributed by atoms with Crippen LogP contribution in [0.4, 0.5) is 0 Å². The molecule has 29 heavy (non-hydrogen) atoms. The zero-order valence-electron chi connectivity index (χ0n) is 15.4. The van der Waals surface area contributed by atoms with Crippen LogP contribution in [0.15, 0.2) is 96.2 Å². The van der Waals surface area contributed by atoms with Crippen molar-refractivity contribution in [1.29, 1.82) is 0 Å². The first-order chi connectivity index (χ1) is 14.2. The van der Waals surface area contributed by atoms with Gasteiger partial charge in [0, 0.05) is 17.3 Å². The Morgan fingerprint density at radius 3 is 2.31 bits per heavy atom. The van der Waals surface area contributed by atoms with Gasteiger partial charge >= 0.3 is 0 Å². The third kappa shape index (κ3) is 4.25. The van der Waals surface area contributed by atoms with Gasteiger partial charge in [0.15, 0.2) is 0 Å². The Morgan fingerprint density at radius 2 is 1.59 bits per heavy atom. The van der Waals surface area contributed by atoms with Gasteiger partial charge in [-0.15, -0.1) is 0 Å². The maximum Gasteiger partial charge on any atom is 0.272 e. The lowest BCUT2D eigenvalue weighted by molar-refractivity contribution is 0.0955. The minimum atomic E-state index is -0.372.